The summed E-state index contributed by atoms with van der Waals surface area (Å²) < 4.78 is 0. The second-order valence-electron chi connectivity index (χ2n) is 5.43. The third kappa shape index (κ3) is 3.12. The molecule has 0 radical (unpaired) electrons. The Labute approximate surface area is 108 Å². The summed E-state index contributed by atoms with van der Waals surface area (Å²) in [5, 5.41) is 0. The Kier molecular flexibility index (Phi) is 3.24. The third-order valence-corrected chi connectivity index (χ3v) is 3.93. The van der Waals surface area contributed by atoms with E-state index in [9.17, 15) is 0 Å². The third-order valence-electron chi connectivity index (χ3n) is 3.65. The summed E-state index contributed by atoms with van der Waals surface area (Å²) in [7, 11) is 0. The van der Waals surface area contributed by atoms with E-state index in [4.69, 9.17) is 11.6 Å². The van der Waals surface area contributed by atoms with Crippen molar-refractivity contribution in [1.29, 1.82) is 0 Å². The lowest BCUT2D eigenvalue weighted by Gasteiger charge is -2.25. The number of alkyl halides is 1. The van der Waals surface area contributed by atoms with Crippen molar-refractivity contribution >= 4 is 17.3 Å². The Bertz CT molecular complexity index is 372. The number of nitrogens with zero attached hydrogens (tertiary/aromatic N) is 2. The average molecular weight is 251 g/mol. The fourth-order valence-electron chi connectivity index (χ4n) is 2.24. The second kappa shape index (κ2) is 4.85. The monoisotopic (exact) mass is 250 g/mol. The van der Waals surface area contributed by atoms with Crippen molar-refractivity contribution in [2.45, 2.75) is 31.6 Å². The maximum Gasteiger partial charge on any atom is 0.0648 e. The highest BCUT2D eigenvalue weighted by atomic mass is 35.5. The van der Waals surface area contributed by atoms with Gasteiger partial charge in [0.1, 0.15) is 0 Å². The summed E-state index contributed by atoms with van der Waals surface area (Å²) in [6, 6.07) is 4.28. The van der Waals surface area contributed by atoms with Crippen LogP contribution in [0.1, 0.15) is 31.4 Å². The molecule has 0 amide bonds. The summed E-state index contributed by atoms with van der Waals surface area (Å²) in [4.78, 5) is 6.82. The summed E-state index contributed by atoms with van der Waals surface area (Å²) in [6.45, 7) is 2.45. The van der Waals surface area contributed by atoms with Gasteiger partial charge in [-0.3, -0.25) is 4.98 Å². The minimum absolute atomic E-state index is 0.508. The smallest absolute Gasteiger partial charge is 0.0648 e. The van der Waals surface area contributed by atoms with Gasteiger partial charge in [-0.05, 0) is 49.7 Å². The van der Waals surface area contributed by atoms with Gasteiger partial charge in [-0.15, -0.1) is 11.6 Å². The average Bonchev–Trinajstić information content (AvgIpc) is 3.23. The molecule has 0 saturated heterocycles. The predicted molar refractivity (Wildman–Crippen MR) is 71.5 cm³/mol. The van der Waals surface area contributed by atoms with E-state index >= 15 is 0 Å². The van der Waals surface area contributed by atoms with Crippen LogP contribution < -0.4 is 4.90 Å². The number of aromatic nitrogens is 1. The second-order valence-corrected chi connectivity index (χ2v) is 5.70. The molecule has 2 aliphatic rings. The van der Waals surface area contributed by atoms with E-state index < -0.39 is 0 Å². The van der Waals surface area contributed by atoms with E-state index in [1.807, 2.05) is 6.20 Å². The van der Waals surface area contributed by atoms with E-state index in [1.54, 1.807) is 0 Å². The summed E-state index contributed by atoms with van der Waals surface area (Å²) in [5.74, 6) is 2.37. The minimum atomic E-state index is 0.508. The van der Waals surface area contributed by atoms with E-state index in [-0.39, 0.29) is 0 Å². The van der Waals surface area contributed by atoms with Crippen molar-refractivity contribution in [3.05, 3.63) is 24.0 Å². The first-order valence-corrected chi connectivity index (χ1v) is 7.14. The molecule has 0 N–H and O–H groups in total. The number of hydrogen-bond acceptors (Lipinski definition) is 2. The molecule has 1 aromatic rings. The molecule has 2 nitrogen and oxygen atoms in total. The molecule has 2 aliphatic carbocycles. The highest BCUT2D eigenvalue weighted by Gasteiger charge is 2.29. The molecule has 2 saturated carbocycles. The van der Waals surface area contributed by atoms with Crippen molar-refractivity contribution in [3.8, 4) is 0 Å². The lowest BCUT2D eigenvalue weighted by atomic mass is 10.2. The molecule has 0 atom stereocenters. The van der Waals surface area contributed by atoms with Crippen LogP contribution in [0.4, 0.5) is 5.69 Å². The summed E-state index contributed by atoms with van der Waals surface area (Å²) in [6.07, 6.45) is 7.53. The van der Waals surface area contributed by atoms with Crippen molar-refractivity contribution in [2.24, 2.45) is 11.8 Å². The minimum Gasteiger partial charge on any atom is -0.371 e. The molecule has 1 aromatic heterocycles. The molecule has 0 aromatic carbocycles. The summed E-state index contributed by atoms with van der Waals surface area (Å²) >= 11 is 5.86. The lowest BCUT2D eigenvalue weighted by molar-refractivity contribution is 0.678. The van der Waals surface area contributed by atoms with Crippen LogP contribution in [0.3, 0.4) is 0 Å². The molecular formula is C14H19ClN2. The Hall–Kier alpha value is -0.760. The van der Waals surface area contributed by atoms with Crippen LogP contribution in [0.2, 0.25) is 0 Å². The molecule has 17 heavy (non-hydrogen) atoms. The maximum atomic E-state index is 5.86. The predicted octanol–water partition coefficient (Wildman–Crippen LogP) is 3.45. The highest BCUT2D eigenvalue weighted by Crippen LogP contribution is 2.35. The van der Waals surface area contributed by atoms with Gasteiger partial charge in [0.2, 0.25) is 0 Å². The number of rotatable bonds is 6. The Morgan fingerprint density at radius 1 is 1.18 bits per heavy atom. The van der Waals surface area contributed by atoms with Gasteiger partial charge in [0.05, 0.1) is 11.6 Å². The zero-order chi connectivity index (χ0) is 11.7. The molecule has 0 bridgehead atoms. The number of anilines is 1. The van der Waals surface area contributed by atoms with Gasteiger partial charge in [0.15, 0.2) is 0 Å². The molecule has 0 unspecified atom stereocenters. The van der Waals surface area contributed by atoms with Crippen LogP contribution in [0.15, 0.2) is 18.3 Å². The van der Waals surface area contributed by atoms with Crippen LogP contribution in [0, 0.1) is 11.8 Å². The number of pyridine rings is 1. The van der Waals surface area contributed by atoms with Crippen LogP contribution in [-0.4, -0.2) is 18.1 Å². The molecule has 0 spiro atoms. The fourth-order valence-corrected chi connectivity index (χ4v) is 2.39. The standard InChI is InChI=1S/C14H19ClN2/c15-8-13-7-14(5-6-16-13)17(9-11-1-2-11)10-12-3-4-12/h5-7,11-12H,1-4,8-10H2. The first-order valence-electron chi connectivity index (χ1n) is 6.61. The maximum absolute atomic E-state index is 5.86. The van der Waals surface area contributed by atoms with Crippen molar-refractivity contribution in [3.63, 3.8) is 0 Å². The zero-order valence-corrected chi connectivity index (χ0v) is 10.9. The topological polar surface area (TPSA) is 16.1 Å². The summed E-state index contributed by atoms with van der Waals surface area (Å²) in [5.41, 5.74) is 2.30. The van der Waals surface area contributed by atoms with Gasteiger partial charge in [-0.1, -0.05) is 0 Å². The van der Waals surface area contributed by atoms with Crippen molar-refractivity contribution in [1.82, 2.24) is 4.98 Å². The normalized spacial score (nSPS) is 19.4. The van der Waals surface area contributed by atoms with Crippen LogP contribution in [0.25, 0.3) is 0 Å². The molecule has 0 aliphatic heterocycles. The van der Waals surface area contributed by atoms with Crippen LogP contribution >= 0.6 is 11.6 Å². The first kappa shape index (κ1) is 11.3. The Morgan fingerprint density at radius 3 is 2.35 bits per heavy atom. The molecule has 2 fully saturated rings. The van der Waals surface area contributed by atoms with Gasteiger partial charge in [0.25, 0.3) is 0 Å². The van der Waals surface area contributed by atoms with E-state index in [0.717, 1.165) is 17.5 Å². The van der Waals surface area contributed by atoms with Gasteiger partial charge in [-0.2, -0.15) is 0 Å². The quantitative estimate of drug-likeness (QED) is 0.719. The molecular weight excluding hydrogens is 232 g/mol. The van der Waals surface area contributed by atoms with Crippen molar-refractivity contribution in [2.75, 3.05) is 18.0 Å². The van der Waals surface area contributed by atoms with Gasteiger partial charge >= 0.3 is 0 Å². The highest BCUT2D eigenvalue weighted by molar-refractivity contribution is 6.16. The number of halogens is 1. The fraction of sp³-hybridized carbons (Fsp3) is 0.643. The van der Waals surface area contributed by atoms with Gasteiger partial charge in [0, 0.05) is 25.0 Å². The molecule has 3 heteroatoms. The molecule has 92 valence electrons. The van der Waals surface area contributed by atoms with Crippen LogP contribution in [0.5, 0.6) is 0 Å². The van der Waals surface area contributed by atoms with E-state index in [0.29, 0.717) is 5.88 Å². The largest absolute Gasteiger partial charge is 0.371 e. The Balaban J connectivity index is 1.73. The SMILES string of the molecule is ClCc1cc(N(CC2CC2)CC2CC2)ccn1. The first-order chi connectivity index (χ1) is 8.35. The molecule has 3 rings (SSSR count). The van der Waals surface area contributed by atoms with Crippen molar-refractivity contribution < 1.29 is 0 Å². The number of hydrogen-bond donors (Lipinski definition) is 0. The lowest BCUT2D eigenvalue weighted by Crippen LogP contribution is -2.28. The van der Waals surface area contributed by atoms with E-state index in [1.165, 1.54) is 44.5 Å². The molecule has 1 heterocycles. The van der Waals surface area contributed by atoms with E-state index in [2.05, 4.69) is 22.0 Å². The van der Waals surface area contributed by atoms with Gasteiger partial charge < -0.3 is 4.90 Å². The zero-order valence-electron chi connectivity index (χ0n) is 10.1. The van der Waals surface area contributed by atoms with Crippen LogP contribution in [-0.2, 0) is 5.88 Å². The Morgan fingerprint density at radius 2 is 1.82 bits per heavy atom. The van der Waals surface area contributed by atoms with Gasteiger partial charge in [-0.25, -0.2) is 0 Å².